The number of Topliss-reactive ketones (excluding diaryl/α,β-unsaturated/α-hetero) is 1. The van der Waals surface area contributed by atoms with Crippen molar-refractivity contribution < 1.29 is 9.53 Å². The van der Waals surface area contributed by atoms with Gasteiger partial charge in [-0.3, -0.25) is 9.69 Å². The Labute approximate surface area is 117 Å². The molecule has 0 bridgehead atoms. The average molecular weight is 267 g/mol. The molecule has 1 saturated carbocycles. The summed E-state index contributed by atoms with van der Waals surface area (Å²) in [7, 11) is 4.14. The highest BCUT2D eigenvalue weighted by atomic mass is 16.5. The van der Waals surface area contributed by atoms with Gasteiger partial charge in [0.05, 0.1) is 11.6 Å². The predicted octanol–water partition coefficient (Wildman–Crippen LogP) is 3.03. The highest BCUT2D eigenvalue weighted by Gasteiger charge is 2.42. The Morgan fingerprint density at radius 3 is 2.68 bits per heavy atom. The van der Waals surface area contributed by atoms with Crippen LogP contribution in [-0.4, -0.2) is 43.0 Å². The molecule has 0 aromatic carbocycles. The van der Waals surface area contributed by atoms with Crippen molar-refractivity contribution in [1.29, 1.82) is 0 Å². The van der Waals surface area contributed by atoms with Crippen LogP contribution in [0, 0.1) is 5.92 Å². The quantitative estimate of drug-likeness (QED) is 0.767. The van der Waals surface area contributed by atoms with Crippen LogP contribution in [-0.2, 0) is 9.53 Å². The van der Waals surface area contributed by atoms with Gasteiger partial charge in [-0.15, -0.1) is 0 Å². The Balaban J connectivity index is 1.95. The van der Waals surface area contributed by atoms with Gasteiger partial charge < -0.3 is 4.74 Å². The van der Waals surface area contributed by atoms with E-state index in [9.17, 15) is 4.79 Å². The monoisotopic (exact) mass is 267 g/mol. The van der Waals surface area contributed by atoms with E-state index in [1.807, 2.05) is 0 Å². The van der Waals surface area contributed by atoms with Crippen LogP contribution in [0.3, 0.4) is 0 Å². The summed E-state index contributed by atoms with van der Waals surface area (Å²) in [5.41, 5.74) is -0.198. The number of carbonyl (C=O) groups excluding carboxylic acids is 1. The van der Waals surface area contributed by atoms with E-state index >= 15 is 0 Å². The van der Waals surface area contributed by atoms with Crippen molar-refractivity contribution in [1.82, 2.24) is 4.90 Å². The topological polar surface area (TPSA) is 29.5 Å². The molecular formula is C16H29NO2. The molecule has 3 unspecified atom stereocenters. The molecule has 0 N–H and O–H groups in total. The summed E-state index contributed by atoms with van der Waals surface area (Å²) in [4.78, 5) is 14.9. The molecular weight excluding hydrogens is 238 g/mol. The number of hydrogen-bond acceptors (Lipinski definition) is 3. The van der Waals surface area contributed by atoms with Crippen molar-refractivity contribution in [3.05, 3.63) is 0 Å². The van der Waals surface area contributed by atoms with Crippen molar-refractivity contribution in [2.24, 2.45) is 5.92 Å². The zero-order valence-electron chi connectivity index (χ0n) is 12.8. The van der Waals surface area contributed by atoms with Crippen LogP contribution in [0.1, 0.15) is 58.3 Å². The molecule has 1 aliphatic carbocycles. The molecule has 19 heavy (non-hydrogen) atoms. The minimum absolute atomic E-state index is 0.198. The summed E-state index contributed by atoms with van der Waals surface area (Å²) < 4.78 is 5.64. The molecule has 0 spiro atoms. The van der Waals surface area contributed by atoms with Crippen molar-refractivity contribution in [3.63, 3.8) is 0 Å². The number of ketones is 1. The highest BCUT2D eigenvalue weighted by Crippen LogP contribution is 2.37. The smallest absolute Gasteiger partial charge is 0.153 e. The van der Waals surface area contributed by atoms with Gasteiger partial charge in [-0.2, -0.15) is 0 Å². The maximum atomic E-state index is 12.8. The summed E-state index contributed by atoms with van der Waals surface area (Å²) in [5.74, 6) is 1.11. The summed E-state index contributed by atoms with van der Waals surface area (Å²) in [5, 5.41) is 0. The molecule has 1 heterocycles. The maximum Gasteiger partial charge on any atom is 0.153 e. The molecule has 3 heteroatoms. The van der Waals surface area contributed by atoms with E-state index in [1.165, 1.54) is 12.8 Å². The number of likely N-dealkylation sites (N-methyl/N-ethyl adjacent to an activating group) is 1. The molecule has 1 saturated heterocycles. The molecule has 2 aliphatic rings. The van der Waals surface area contributed by atoms with E-state index in [4.69, 9.17) is 4.74 Å². The lowest BCUT2D eigenvalue weighted by Gasteiger charge is -2.44. The minimum Gasteiger partial charge on any atom is -0.378 e. The van der Waals surface area contributed by atoms with Gasteiger partial charge in [0, 0.05) is 13.0 Å². The van der Waals surface area contributed by atoms with Crippen LogP contribution >= 0.6 is 0 Å². The van der Waals surface area contributed by atoms with E-state index in [0.717, 1.165) is 38.7 Å². The maximum absolute atomic E-state index is 12.8. The fraction of sp³-hybridized carbons (Fsp3) is 0.938. The van der Waals surface area contributed by atoms with E-state index in [1.54, 1.807) is 0 Å². The SMILES string of the molecule is CC1CCCC(C(=O)CCC2CCCO2)(N(C)C)C1. The zero-order valence-corrected chi connectivity index (χ0v) is 12.8. The molecule has 0 aromatic heterocycles. The van der Waals surface area contributed by atoms with Crippen molar-refractivity contribution in [2.45, 2.75) is 69.9 Å². The van der Waals surface area contributed by atoms with Crippen LogP contribution in [0.5, 0.6) is 0 Å². The van der Waals surface area contributed by atoms with Gasteiger partial charge in [0.1, 0.15) is 0 Å². The van der Waals surface area contributed by atoms with Crippen LogP contribution in [0.25, 0.3) is 0 Å². The molecule has 2 rings (SSSR count). The second-order valence-corrected chi connectivity index (χ2v) is 6.72. The lowest BCUT2D eigenvalue weighted by atomic mass is 9.72. The third-order valence-electron chi connectivity index (χ3n) is 5.07. The van der Waals surface area contributed by atoms with Gasteiger partial charge in [0.15, 0.2) is 5.78 Å². The minimum atomic E-state index is -0.198. The Morgan fingerprint density at radius 1 is 1.32 bits per heavy atom. The first-order chi connectivity index (χ1) is 9.04. The van der Waals surface area contributed by atoms with Gasteiger partial charge in [-0.05, 0) is 52.1 Å². The third kappa shape index (κ3) is 3.38. The van der Waals surface area contributed by atoms with Gasteiger partial charge in [-0.1, -0.05) is 19.8 Å². The first-order valence-corrected chi connectivity index (χ1v) is 7.87. The Morgan fingerprint density at radius 2 is 2.11 bits per heavy atom. The van der Waals surface area contributed by atoms with Crippen molar-refractivity contribution in [3.8, 4) is 0 Å². The van der Waals surface area contributed by atoms with Gasteiger partial charge >= 0.3 is 0 Å². The van der Waals surface area contributed by atoms with Crippen molar-refractivity contribution in [2.75, 3.05) is 20.7 Å². The molecule has 3 atom stereocenters. The van der Waals surface area contributed by atoms with Crippen molar-refractivity contribution >= 4 is 5.78 Å². The van der Waals surface area contributed by atoms with Gasteiger partial charge in [0.2, 0.25) is 0 Å². The van der Waals surface area contributed by atoms with Crippen LogP contribution < -0.4 is 0 Å². The van der Waals surface area contributed by atoms with E-state index < -0.39 is 0 Å². The average Bonchev–Trinajstić information content (AvgIpc) is 2.88. The summed E-state index contributed by atoms with van der Waals surface area (Å²) >= 11 is 0. The van der Waals surface area contributed by atoms with Gasteiger partial charge in [-0.25, -0.2) is 0 Å². The second-order valence-electron chi connectivity index (χ2n) is 6.72. The second kappa shape index (κ2) is 6.36. The van der Waals surface area contributed by atoms with E-state index in [2.05, 4.69) is 25.9 Å². The molecule has 1 aliphatic heterocycles. The Kier molecular flexibility index (Phi) is 5.02. The zero-order chi connectivity index (χ0) is 13.9. The summed E-state index contributed by atoms with van der Waals surface area (Å²) in [6.45, 7) is 3.17. The Bertz CT molecular complexity index is 310. The first-order valence-electron chi connectivity index (χ1n) is 7.87. The first kappa shape index (κ1) is 15.0. The van der Waals surface area contributed by atoms with Gasteiger partial charge in [0.25, 0.3) is 0 Å². The fourth-order valence-corrected chi connectivity index (χ4v) is 3.83. The van der Waals surface area contributed by atoms with Crippen LogP contribution in [0.15, 0.2) is 0 Å². The third-order valence-corrected chi connectivity index (χ3v) is 5.07. The summed E-state index contributed by atoms with van der Waals surface area (Å²) in [6.07, 6.45) is 8.77. The number of nitrogens with zero attached hydrogens (tertiary/aromatic N) is 1. The lowest BCUT2D eigenvalue weighted by Crippen LogP contribution is -2.53. The summed E-state index contributed by atoms with van der Waals surface area (Å²) in [6, 6.07) is 0. The molecule has 0 radical (unpaired) electrons. The van der Waals surface area contributed by atoms with E-state index in [0.29, 0.717) is 24.2 Å². The van der Waals surface area contributed by atoms with Crippen LogP contribution in [0.4, 0.5) is 0 Å². The normalized spacial score (nSPS) is 35.8. The highest BCUT2D eigenvalue weighted by molar-refractivity contribution is 5.88. The number of hydrogen-bond donors (Lipinski definition) is 0. The fourth-order valence-electron chi connectivity index (χ4n) is 3.83. The lowest BCUT2D eigenvalue weighted by molar-refractivity contribution is -0.133. The van der Waals surface area contributed by atoms with Crippen LogP contribution in [0.2, 0.25) is 0 Å². The molecule has 110 valence electrons. The number of rotatable bonds is 5. The largest absolute Gasteiger partial charge is 0.378 e. The molecule has 3 nitrogen and oxygen atoms in total. The molecule has 0 aromatic rings. The number of carbonyl (C=O) groups is 1. The van der Waals surface area contributed by atoms with E-state index in [-0.39, 0.29) is 5.54 Å². The number of ether oxygens (including phenoxy) is 1. The molecule has 0 amide bonds. The standard InChI is InChI=1S/C16H29NO2/c1-13-6-4-10-16(12-13,17(2)3)15(18)9-8-14-7-5-11-19-14/h13-14H,4-12H2,1-3H3. The Hall–Kier alpha value is -0.410. The molecule has 2 fully saturated rings. The predicted molar refractivity (Wildman–Crippen MR) is 77.3 cm³/mol.